The minimum absolute atomic E-state index is 0.0776. The van der Waals surface area contributed by atoms with Gasteiger partial charge in [0.15, 0.2) is 0 Å². The molecule has 0 aromatic heterocycles. The summed E-state index contributed by atoms with van der Waals surface area (Å²) < 4.78 is 16.2. The Morgan fingerprint density at radius 1 is 1.48 bits per heavy atom. The predicted octanol–water partition coefficient (Wildman–Crippen LogP) is 2.53. The first kappa shape index (κ1) is 15.8. The summed E-state index contributed by atoms with van der Waals surface area (Å²) in [6.07, 6.45) is 2.67. The molecular formula is C16H23NO4. The van der Waals surface area contributed by atoms with Crippen LogP contribution in [0.4, 0.5) is 5.69 Å². The van der Waals surface area contributed by atoms with E-state index in [0.29, 0.717) is 31.1 Å². The van der Waals surface area contributed by atoms with E-state index < -0.39 is 0 Å². The van der Waals surface area contributed by atoms with Crippen LogP contribution < -0.4 is 10.1 Å². The van der Waals surface area contributed by atoms with Gasteiger partial charge in [0.25, 0.3) is 0 Å². The topological polar surface area (TPSA) is 56.8 Å². The van der Waals surface area contributed by atoms with Gasteiger partial charge in [0.1, 0.15) is 5.75 Å². The Morgan fingerprint density at radius 3 is 3.05 bits per heavy atom. The maximum absolute atomic E-state index is 11.9. The second-order valence-corrected chi connectivity index (χ2v) is 5.21. The third kappa shape index (κ3) is 5.02. The predicted molar refractivity (Wildman–Crippen MR) is 80.8 cm³/mol. The van der Waals surface area contributed by atoms with E-state index >= 15 is 0 Å². The lowest BCUT2D eigenvalue weighted by Gasteiger charge is -2.12. The monoisotopic (exact) mass is 293 g/mol. The van der Waals surface area contributed by atoms with Crippen LogP contribution in [0.5, 0.6) is 5.75 Å². The van der Waals surface area contributed by atoms with Crippen molar-refractivity contribution in [2.75, 3.05) is 32.2 Å². The molecule has 1 heterocycles. The van der Waals surface area contributed by atoms with Gasteiger partial charge in [-0.15, -0.1) is 0 Å². The third-order valence-electron chi connectivity index (χ3n) is 3.43. The summed E-state index contributed by atoms with van der Waals surface area (Å²) in [5.74, 6) is 0.584. The number of amides is 1. The highest BCUT2D eigenvalue weighted by molar-refractivity contribution is 5.92. The van der Waals surface area contributed by atoms with E-state index in [1.54, 1.807) is 7.11 Å². The first-order chi connectivity index (χ1) is 10.2. The molecule has 21 heavy (non-hydrogen) atoms. The number of anilines is 1. The highest BCUT2D eigenvalue weighted by atomic mass is 16.5. The standard InChI is InChI=1S/C16H23NO4/c1-12-5-6-15(19-2)14(10-12)17-16(18)7-9-20-11-13-4-3-8-21-13/h5-6,10,13H,3-4,7-9,11H2,1-2H3,(H,17,18). The Balaban J connectivity index is 1.72. The lowest BCUT2D eigenvalue weighted by molar-refractivity contribution is -0.117. The van der Waals surface area contributed by atoms with Gasteiger partial charge in [-0.3, -0.25) is 4.79 Å². The van der Waals surface area contributed by atoms with Gasteiger partial charge in [0.05, 0.1) is 38.5 Å². The van der Waals surface area contributed by atoms with Crippen LogP contribution in [0.3, 0.4) is 0 Å². The van der Waals surface area contributed by atoms with Gasteiger partial charge in [0.2, 0.25) is 5.91 Å². The van der Waals surface area contributed by atoms with Crippen LogP contribution in [0.2, 0.25) is 0 Å². The molecule has 1 saturated heterocycles. The molecule has 0 saturated carbocycles. The molecule has 1 aliphatic heterocycles. The van der Waals surface area contributed by atoms with Crippen molar-refractivity contribution in [2.24, 2.45) is 0 Å². The minimum Gasteiger partial charge on any atom is -0.495 e. The van der Waals surface area contributed by atoms with Crippen molar-refractivity contribution in [3.63, 3.8) is 0 Å². The zero-order valence-corrected chi connectivity index (χ0v) is 12.7. The van der Waals surface area contributed by atoms with Crippen molar-refractivity contribution in [2.45, 2.75) is 32.3 Å². The fourth-order valence-corrected chi connectivity index (χ4v) is 2.29. The molecule has 1 aromatic rings. The van der Waals surface area contributed by atoms with E-state index in [4.69, 9.17) is 14.2 Å². The summed E-state index contributed by atoms with van der Waals surface area (Å²) in [5, 5.41) is 2.86. The Hall–Kier alpha value is -1.59. The van der Waals surface area contributed by atoms with Gasteiger partial charge in [-0.1, -0.05) is 6.07 Å². The van der Waals surface area contributed by atoms with E-state index in [1.807, 2.05) is 25.1 Å². The number of rotatable bonds is 7. The highest BCUT2D eigenvalue weighted by Gasteiger charge is 2.15. The molecular weight excluding hydrogens is 270 g/mol. The molecule has 1 fully saturated rings. The van der Waals surface area contributed by atoms with Crippen molar-refractivity contribution in [1.82, 2.24) is 0 Å². The van der Waals surface area contributed by atoms with Crippen molar-refractivity contribution in [3.05, 3.63) is 23.8 Å². The lowest BCUT2D eigenvalue weighted by Crippen LogP contribution is -2.18. The maximum Gasteiger partial charge on any atom is 0.226 e. The van der Waals surface area contributed by atoms with Gasteiger partial charge in [-0.25, -0.2) is 0 Å². The summed E-state index contributed by atoms with van der Waals surface area (Å²) in [6, 6.07) is 5.68. The number of carbonyl (C=O) groups excluding carboxylic acids is 1. The molecule has 0 aliphatic carbocycles. The van der Waals surface area contributed by atoms with Crippen molar-refractivity contribution in [1.29, 1.82) is 0 Å². The Labute approximate surface area is 125 Å². The first-order valence-electron chi connectivity index (χ1n) is 7.33. The van der Waals surface area contributed by atoms with Crippen molar-refractivity contribution < 1.29 is 19.0 Å². The van der Waals surface area contributed by atoms with Crippen LogP contribution in [0.1, 0.15) is 24.8 Å². The van der Waals surface area contributed by atoms with Crippen molar-refractivity contribution in [3.8, 4) is 5.75 Å². The number of methoxy groups -OCH3 is 1. The van der Waals surface area contributed by atoms with Gasteiger partial charge < -0.3 is 19.5 Å². The number of hydrogen-bond donors (Lipinski definition) is 1. The quantitative estimate of drug-likeness (QED) is 0.785. The molecule has 0 bridgehead atoms. The van der Waals surface area contributed by atoms with E-state index in [9.17, 15) is 4.79 Å². The third-order valence-corrected chi connectivity index (χ3v) is 3.43. The lowest BCUT2D eigenvalue weighted by atomic mass is 10.2. The van der Waals surface area contributed by atoms with Crippen molar-refractivity contribution >= 4 is 11.6 Å². The second kappa shape index (κ2) is 8.00. The Bertz CT molecular complexity index is 469. The fraction of sp³-hybridized carbons (Fsp3) is 0.562. The second-order valence-electron chi connectivity index (χ2n) is 5.21. The largest absolute Gasteiger partial charge is 0.495 e. The molecule has 5 nitrogen and oxygen atoms in total. The van der Waals surface area contributed by atoms with Crippen LogP contribution in [-0.4, -0.2) is 38.9 Å². The van der Waals surface area contributed by atoms with Crippen LogP contribution in [0.15, 0.2) is 18.2 Å². The summed E-state index contributed by atoms with van der Waals surface area (Å²) in [4.78, 5) is 11.9. The number of hydrogen-bond acceptors (Lipinski definition) is 4. The first-order valence-corrected chi connectivity index (χ1v) is 7.33. The molecule has 116 valence electrons. The molecule has 2 rings (SSSR count). The normalized spacial score (nSPS) is 17.7. The molecule has 0 spiro atoms. The van der Waals surface area contributed by atoms with E-state index in [-0.39, 0.29) is 12.0 Å². The Kier molecular flexibility index (Phi) is 6.02. The highest BCUT2D eigenvalue weighted by Crippen LogP contribution is 2.25. The molecule has 1 aromatic carbocycles. The van der Waals surface area contributed by atoms with Crippen LogP contribution >= 0.6 is 0 Å². The average molecular weight is 293 g/mol. The van der Waals surface area contributed by atoms with Crippen LogP contribution in [0, 0.1) is 6.92 Å². The smallest absolute Gasteiger partial charge is 0.226 e. The number of ether oxygens (including phenoxy) is 3. The molecule has 1 unspecified atom stereocenters. The minimum atomic E-state index is -0.0776. The molecule has 1 amide bonds. The summed E-state index contributed by atoms with van der Waals surface area (Å²) in [7, 11) is 1.59. The van der Waals surface area contributed by atoms with Crippen LogP contribution in [-0.2, 0) is 14.3 Å². The number of nitrogens with one attached hydrogen (secondary N) is 1. The SMILES string of the molecule is COc1ccc(C)cc1NC(=O)CCOCC1CCCO1. The maximum atomic E-state index is 11.9. The number of benzene rings is 1. The summed E-state index contributed by atoms with van der Waals surface area (Å²) >= 11 is 0. The molecule has 5 heteroatoms. The van der Waals surface area contributed by atoms with Gasteiger partial charge >= 0.3 is 0 Å². The molecule has 0 radical (unpaired) electrons. The average Bonchev–Trinajstić information content (AvgIpc) is 2.97. The zero-order chi connectivity index (χ0) is 15.1. The fourth-order valence-electron chi connectivity index (χ4n) is 2.29. The van der Waals surface area contributed by atoms with E-state index in [0.717, 1.165) is 25.0 Å². The van der Waals surface area contributed by atoms with Gasteiger partial charge in [-0.05, 0) is 37.5 Å². The zero-order valence-electron chi connectivity index (χ0n) is 12.7. The molecule has 1 atom stereocenters. The van der Waals surface area contributed by atoms with E-state index in [1.165, 1.54) is 0 Å². The van der Waals surface area contributed by atoms with Crippen LogP contribution in [0.25, 0.3) is 0 Å². The number of carbonyl (C=O) groups is 1. The van der Waals surface area contributed by atoms with E-state index in [2.05, 4.69) is 5.32 Å². The van der Waals surface area contributed by atoms with Gasteiger partial charge in [-0.2, -0.15) is 0 Å². The molecule has 1 aliphatic rings. The summed E-state index contributed by atoms with van der Waals surface area (Å²) in [5.41, 5.74) is 1.77. The summed E-state index contributed by atoms with van der Waals surface area (Å²) in [6.45, 7) is 3.77. The molecule has 1 N–H and O–H groups in total. The number of aryl methyl sites for hydroxylation is 1. The van der Waals surface area contributed by atoms with Gasteiger partial charge in [0, 0.05) is 6.61 Å². The Morgan fingerprint density at radius 2 is 2.33 bits per heavy atom.